The number of hydrogen-bond acceptors (Lipinski definition) is 5. The fourth-order valence-electron chi connectivity index (χ4n) is 6.00. The first kappa shape index (κ1) is 21.4. The summed E-state index contributed by atoms with van der Waals surface area (Å²) in [6.07, 6.45) is 5.51. The van der Waals surface area contributed by atoms with Gasteiger partial charge in [-0.3, -0.25) is 9.59 Å². The number of nitrogens with one attached hydrogen (secondary N) is 2. The van der Waals surface area contributed by atoms with E-state index in [0.717, 1.165) is 19.3 Å². The summed E-state index contributed by atoms with van der Waals surface area (Å²) in [5, 5.41) is 14.4. The van der Waals surface area contributed by atoms with Crippen molar-refractivity contribution in [1.29, 1.82) is 5.26 Å². The number of esters is 1. The lowest BCUT2D eigenvalue weighted by molar-refractivity contribution is -0.158. The molecule has 4 aliphatic rings. The van der Waals surface area contributed by atoms with Crippen molar-refractivity contribution in [3.63, 3.8) is 0 Å². The van der Waals surface area contributed by atoms with E-state index < -0.39 is 24.0 Å². The number of hydrogen-bond donors (Lipinski definition) is 2. The van der Waals surface area contributed by atoms with Gasteiger partial charge in [-0.2, -0.15) is 5.26 Å². The predicted octanol–water partition coefficient (Wildman–Crippen LogP) is 3.15. The van der Waals surface area contributed by atoms with Gasteiger partial charge >= 0.3 is 5.97 Å². The van der Waals surface area contributed by atoms with Crippen LogP contribution in [0.1, 0.15) is 57.9 Å². The quantitative estimate of drug-likeness (QED) is 0.684. The van der Waals surface area contributed by atoms with E-state index in [4.69, 9.17) is 10.00 Å². The Morgan fingerprint density at radius 3 is 2.10 bits per heavy atom. The second-order valence-corrected chi connectivity index (χ2v) is 9.65. The molecule has 4 bridgehead atoms. The predicted molar refractivity (Wildman–Crippen MR) is 114 cm³/mol. The van der Waals surface area contributed by atoms with Crippen molar-refractivity contribution in [3.8, 4) is 6.07 Å². The minimum atomic E-state index is -1.01. The number of rotatable bonds is 6. The van der Waals surface area contributed by atoms with E-state index >= 15 is 0 Å². The molecule has 7 heteroatoms. The zero-order valence-electron chi connectivity index (χ0n) is 18.0. The lowest BCUT2D eigenvalue weighted by Gasteiger charge is -2.55. The van der Waals surface area contributed by atoms with Crippen LogP contribution in [0.3, 0.4) is 0 Å². The van der Waals surface area contributed by atoms with Crippen LogP contribution in [-0.4, -0.2) is 29.9 Å². The Bertz CT molecular complexity index is 882. The van der Waals surface area contributed by atoms with Gasteiger partial charge in [-0.15, -0.1) is 0 Å². The molecular weight excluding hydrogens is 394 g/mol. The number of benzene rings is 1. The third kappa shape index (κ3) is 4.43. The maximum absolute atomic E-state index is 13.1. The van der Waals surface area contributed by atoms with Crippen molar-refractivity contribution in [2.75, 3.05) is 5.32 Å². The summed E-state index contributed by atoms with van der Waals surface area (Å²) in [7, 11) is 0. The smallest absolute Gasteiger partial charge is 0.329 e. The summed E-state index contributed by atoms with van der Waals surface area (Å²) in [5.41, 5.74) is 0.665. The van der Waals surface area contributed by atoms with Crippen LogP contribution in [0, 0.1) is 34.5 Å². The number of carbonyl (C=O) groups excluding carboxylic acids is 3. The first-order valence-corrected chi connectivity index (χ1v) is 11.1. The maximum atomic E-state index is 13.1. The van der Waals surface area contributed by atoms with E-state index in [-0.39, 0.29) is 11.3 Å². The van der Waals surface area contributed by atoms with E-state index in [1.165, 1.54) is 26.2 Å². The SMILES string of the molecule is C[C@H](NC(=O)C12CC3CC(CC(C3)C1)C2)C(=O)O[C@H](C)C(=O)Nc1ccc(C#N)cc1. The molecule has 31 heavy (non-hydrogen) atoms. The lowest BCUT2D eigenvalue weighted by atomic mass is 9.49. The molecule has 0 saturated heterocycles. The molecule has 4 aliphatic carbocycles. The summed E-state index contributed by atoms with van der Waals surface area (Å²) >= 11 is 0. The molecule has 2 N–H and O–H groups in total. The van der Waals surface area contributed by atoms with Crippen LogP contribution in [0.5, 0.6) is 0 Å². The zero-order chi connectivity index (χ0) is 22.2. The summed E-state index contributed by atoms with van der Waals surface area (Å²) in [5.74, 6) is 0.796. The van der Waals surface area contributed by atoms with Crippen LogP contribution in [0.4, 0.5) is 5.69 Å². The average Bonchev–Trinajstić information content (AvgIpc) is 2.73. The highest BCUT2D eigenvalue weighted by atomic mass is 16.5. The third-order valence-corrected chi connectivity index (χ3v) is 7.16. The molecule has 4 saturated carbocycles. The van der Waals surface area contributed by atoms with Crippen molar-refractivity contribution in [1.82, 2.24) is 5.32 Å². The normalized spacial score (nSPS) is 30.0. The van der Waals surface area contributed by atoms with Gasteiger partial charge in [0.25, 0.3) is 5.91 Å². The van der Waals surface area contributed by atoms with Crippen LogP contribution < -0.4 is 10.6 Å². The Morgan fingerprint density at radius 2 is 1.58 bits per heavy atom. The third-order valence-electron chi connectivity index (χ3n) is 7.16. The van der Waals surface area contributed by atoms with Gasteiger partial charge in [-0.25, -0.2) is 4.79 Å². The molecule has 0 heterocycles. The van der Waals surface area contributed by atoms with Gasteiger partial charge in [0.1, 0.15) is 6.04 Å². The Kier molecular flexibility index (Phi) is 5.74. The largest absolute Gasteiger partial charge is 0.451 e. The lowest BCUT2D eigenvalue weighted by Crippen LogP contribution is -2.56. The average molecular weight is 424 g/mol. The highest BCUT2D eigenvalue weighted by molar-refractivity contribution is 5.96. The Hall–Kier alpha value is -2.88. The Balaban J connectivity index is 1.29. The van der Waals surface area contributed by atoms with Gasteiger partial charge in [0, 0.05) is 11.1 Å². The van der Waals surface area contributed by atoms with Crippen LogP contribution in [0.25, 0.3) is 0 Å². The van der Waals surface area contributed by atoms with Crippen LogP contribution >= 0.6 is 0 Å². The molecular formula is C24H29N3O4. The molecule has 0 aromatic heterocycles. The molecule has 1 aromatic carbocycles. The summed E-state index contributed by atoms with van der Waals surface area (Å²) in [6, 6.07) is 7.60. The summed E-state index contributed by atoms with van der Waals surface area (Å²) in [4.78, 5) is 37.9. The molecule has 0 unspecified atom stereocenters. The van der Waals surface area contributed by atoms with Crippen molar-refractivity contribution < 1.29 is 19.1 Å². The van der Waals surface area contributed by atoms with Crippen LogP contribution in [0.15, 0.2) is 24.3 Å². The first-order valence-electron chi connectivity index (χ1n) is 11.1. The van der Waals surface area contributed by atoms with Gasteiger partial charge < -0.3 is 15.4 Å². The number of carbonyl (C=O) groups is 3. The molecule has 7 nitrogen and oxygen atoms in total. The minimum absolute atomic E-state index is 0.0364. The van der Waals surface area contributed by atoms with Crippen molar-refractivity contribution in [3.05, 3.63) is 29.8 Å². The topological polar surface area (TPSA) is 108 Å². The number of nitrogens with zero attached hydrogens (tertiary/aromatic N) is 1. The molecule has 0 radical (unpaired) electrons. The highest BCUT2D eigenvalue weighted by Crippen LogP contribution is 2.60. The molecule has 2 atom stereocenters. The summed E-state index contributed by atoms with van der Waals surface area (Å²) < 4.78 is 5.29. The fourth-order valence-corrected chi connectivity index (χ4v) is 6.00. The first-order chi connectivity index (χ1) is 14.8. The number of nitriles is 1. The van der Waals surface area contributed by atoms with E-state index in [0.29, 0.717) is 29.0 Å². The van der Waals surface area contributed by atoms with Gasteiger partial charge in [0.2, 0.25) is 5.91 Å². The molecule has 164 valence electrons. The van der Waals surface area contributed by atoms with Gasteiger partial charge in [-0.05, 0) is 94.4 Å². The number of ether oxygens (including phenoxy) is 1. The van der Waals surface area contributed by atoms with Crippen molar-refractivity contribution >= 4 is 23.5 Å². The molecule has 4 fully saturated rings. The molecule has 1 aromatic rings. The van der Waals surface area contributed by atoms with E-state index in [9.17, 15) is 14.4 Å². The zero-order valence-corrected chi connectivity index (χ0v) is 18.0. The molecule has 0 spiro atoms. The standard InChI is InChI=1S/C24H29N3O4/c1-14(26-23(30)24-10-17-7-18(11-24)9-19(8-17)12-24)22(29)31-15(2)21(28)27-20-5-3-16(13-25)4-6-20/h3-6,14-15,17-19H,7-12H2,1-2H3,(H,26,30)(H,27,28)/t14-,15+,17?,18?,19?,24?/m0/s1. The Morgan fingerprint density at radius 1 is 1.03 bits per heavy atom. The van der Waals surface area contributed by atoms with Crippen LogP contribution in [-0.2, 0) is 19.1 Å². The molecule has 5 rings (SSSR count). The molecule has 2 amide bonds. The Labute approximate surface area is 182 Å². The van der Waals surface area contributed by atoms with E-state index in [2.05, 4.69) is 10.6 Å². The van der Waals surface area contributed by atoms with Gasteiger partial charge in [-0.1, -0.05) is 0 Å². The number of anilines is 1. The second-order valence-electron chi connectivity index (χ2n) is 9.65. The van der Waals surface area contributed by atoms with Crippen LogP contribution in [0.2, 0.25) is 0 Å². The second kappa shape index (κ2) is 8.33. The monoisotopic (exact) mass is 423 g/mol. The van der Waals surface area contributed by atoms with E-state index in [1.807, 2.05) is 6.07 Å². The summed E-state index contributed by atoms with van der Waals surface area (Å²) in [6.45, 7) is 3.09. The fraction of sp³-hybridized carbons (Fsp3) is 0.583. The number of amides is 2. The maximum Gasteiger partial charge on any atom is 0.329 e. The van der Waals surface area contributed by atoms with Gasteiger partial charge in [0.05, 0.1) is 11.6 Å². The highest BCUT2D eigenvalue weighted by Gasteiger charge is 2.54. The van der Waals surface area contributed by atoms with Crippen molar-refractivity contribution in [2.45, 2.75) is 64.5 Å². The van der Waals surface area contributed by atoms with E-state index in [1.54, 1.807) is 31.2 Å². The minimum Gasteiger partial charge on any atom is -0.451 e. The van der Waals surface area contributed by atoms with Gasteiger partial charge in [0.15, 0.2) is 6.10 Å². The molecule has 0 aliphatic heterocycles. The van der Waals surface area contributed by atoms with Crippen molar-refractivity contribution in [2.24, 2.45) is 23.2 Å².